The van der Waals surface area contributed by atoms with Gasteiger partial charge in [-0.2, -0.15) is 0 Å². The molecule has 0 aromatic heterocycles. The maximum absolute atomic E-state index is 10.9. The van der Waals surface area contributed by atoms with Crippen LogP contribution in [0.25, 0.3) is 0 Å². The molecule has 0 aliphatic rings. The van der Waals surface area contributed by atoms with Crippen LogP contribution in [0.3, 0.4) is 0 Å². The van der Waals surface area contributed by atoms with E-state index in [1.165, 1.54) is 11.1 Å². The highest BCUT2D eigenvalue weighted by molar-refractivity contribution is 5.65. The second-order valence-electron chi connectivity index (χ2n) is 7.96. The molecular weight excluding hydrogens is 338 g/mol. The molecule has 0 unspecified atom stereocenters. The molecule has 0 atom stereocenters. The fraction of sp³-hybridized carbons (Fsp3) is 0.435. The van der Waals surface area contributed by atoms with Crippen molar-refractivity contribution in [1.29, 1.82) is 0 Å². The van der Waals surface area contributed by atoms with Gasteiger partial charge in [0.2, 0.25) is 0 Å². The predicted octanol–water partition coefficient (Wildman–Crippen LogP) is 5.76. The van der Waals surface area contributed by atoms with Gasteiger partial charge in [0.05, 0.1) is 0 Å². The van der Waals surface area contributed by atoms with E-state index in [1.807, 2.05) is 32.0 Å². The molecule has 2 aromatic rings. The molecule has 0 saturated heterocycles. The maximum atomic E-state index is 10.9. The summed E-state index contributed by atoms with van der Waals surface area (Å²) in [6.07, 6.45) is 1.53. The molecule has 0 heterocycles. The number of nitrogens with one attached hydrogen (secondary N) is 1. The van der Waals surface area contributed by atoms with Crippen molar-refractivity contribution in [2.45, 2.75) is 65.0 Å². The van der Waals surface area contributed by atoms with E-state index in [-0.39, 0.29) is 0 Å². The van der Waals surface area contributed by atoms with Crippen LogP contribution >= 0.6 is 0 Å². The number of rotatable bonds is 9. The van der Waals surface area contributed by atoms with Crippen molar-refractivity contribution in [3.63, 3.8) is 0 Å². The van der Waals surface area contributed by atoms with Crippen molar-refractivity contribution in [2.75, 3.05) is 0 Å². The van der Waals surface area contributed by atoms with Crippen molar-refractivity contribution >= 4 is 6.09 Å². The van der Waals surface area contributed by atoms with Crippen LogP contribution in [-0.4, -0.2) is 16.7 Å². The van der Waals surface area contributed by atoms with E-state index >= 15 is 0 Å². The Kier molecular flexibility index (Phi) is 7.28. The van der Waals surface area contributed by atoms with Crippen molar-refractivity contribution < 1.29 is 14.6 Å². The summed E-state index contributed by atoms with van der Waals surface area (Å²) in [5.74, 6) is 1.37. The first-order valence-corrected chi connectivity index (χ1v) is 9.57. The van der Waals surface area contributed by atoms with Crippen LogP contribution in [0.2, 0.25) is 0 Å². The molecule has 0 radical (unpaired) electrons. The Hall–Kier alpha value is -2.49. The van der Waals surface area contributed by atoms with E-state index in [1.54, 1.807) is 0 Å². The number of ether oxygens (including phenoxy) is 1. The quantitative estimate of drug-likeness (QED) is 0.591. The minimum Gasteiger partial charge on any atom is -0.489 e. The lowest BCUT2D eigenvalue weighted by atomic mass is 9.94. The van der Waals surface area contributed by atoms with Crippen LogP contribution < -0.4 is 10.1 Å². The smallest absolute Gasteiger partial charge is 0.405 e. The van der Waals surface area contributed by atoms with Gasteiger partial charge in [0.15, 0.2) is 0 Å². The molecule has 0 spiro atoms. The summed E-state index contributed by atoms with van der Waals surface area (Å²) in [6, 6.07) is 16.6. The Balaban J connectivity index is 2.06. The summed E-state index contributed by atoms with van der Waals surface area (Å²) >= 11 is 0. The summed E-state index contributed by atoms with van der Waals surface area (Å²) < 4.78 is 6.15. The fourth-order valence-corrected chi connectivity index (χ4v) is 3.08. The van der Waals surface area contributed by atoms with Gasteiger partial charge in [-0.25, -0.2) is 4.79 Å². The second kappa shape index (κ2) is 9.45. The molecule has 146 valence electrons. The normalized spacial score (nSPS) is 11.4. The van der Waals surface area contributed by atoms with Gasteiger partial charge in [-0.15, -0.1) is 0 Å². The number of benzene rings is 2. The third kappa shape index (κ3) is 6.97. The highest BCUT2D eigenvalue weighted by Gasteiger charge is 2.19. The molecular formula is C23H31NO3. The van der Waals surface area contributed by atoms with Crippen LogP contribution in [0.15, 0.2) is 48.5 Å². The first-order chi connectivity index (χ1) is 12.8. The van der Waals surface area contributed by atoms with Crippen LogP contribution in [0.1, 0.15) is 63.1 Å². The summed E-state index contributed by atoms with van der Waals surface area (Å²) in [5.41, 5.74) is 3.13. The van der Waals surface area contributed by atoms with Crippen molar-refractivity contribution in [2.24, 2.45) is 0 Å². The minimum atomic E-state index is -0.979. The van der Waals surface area contributed by atoms with Gasteiger partial charge < -0.3 is 15.2 Å². The van der Waals surface area contributed by atoms with Gasteiger partial charge in [-0.05, 0) is 61.8 Å². The second-order valence-corrected chi connectivity index (χ2v) is 7.96. The van der Waals surface area contributed by atoms with E-state index in [4.69, 9.17) is 9.84 Å². The van der Waals surface area contributed by atoms with Gasteiger partial charge in [0.25, 0.3) is 0 Å². The van der Waals surface area contributed by atoms with Crippen LogP contribution in [0.4, 0.5) is 4.79 Å². The lowest BCUT2D eigenvalue weighted by Crippen LogP contribution is -2.42. The van der Waals surface area contributed by atoms with Crippen LogP contribution in [0.5, 0.6) is 5.75 Å². The standard InChI is InChI=1S/C23H31NO3/c1-17(2)20-13-12-19(11-8-14-23(3,4)24-22(25)26)21(15-20)27-16-18-9-6-5-7-10-18/h5-7,9-10,12-13,15,17,24H,8,11,14,16H2,1-4H3,(H,25,26). The number of carbonyl (C=O) groups is 1. The molecule has 1 amide bonds. The first-order valence-electron chi connectivity index (χ1n) is 9.57. The number of hydrogen-bond donors (Lipinski definition) is 2. The number of aryl methyl sites for hydroxylation is 1. The Labute approximate surface area is 162 Å². The topological polar surface area (TPSA) is 58.6 Å². The van der Waals surface area contributed by atoms with E-state index in [9.17, 15) is 4.79 Å². The molecule has 2 rings (SSSR count). The number of hydrogen-bond acceptors (Lipinski definition) is 2. The number of amides is 1. The summed E-state index contributed by atoms with van der Waals surface area (Å²) in [7, 11) is 0. The molecule has 0 fully saturated rings. The van der Waals surface area contributed by atoms with Gasteiger partial charge in [-0.1, -0.05) is 56.3 Å². The lowest BCUT2D eigenvalue weighted by Gasteiger charge is -2.24. The number of carboxylic acid groups (broad SMARTS) is 1. The molecule has 0 aliphatic heterocycles. The van der Waals surface area contributed by atoms with Gasteiger partial charge >= 0.3 is 6.09 Å². The third-order valence-electron chi connectivity index (χ3n) is 4.69. The minimum absolute atomic E-state index is 0.436. The lowest BCUT2D eigenvalue weighted by molar-refractivity contribution is 0.180. The van der Waals surface area contributed by atoms with Crippen LogP contribution in [0, 0.1) is 0 Å². The van der Waals surface area contributed by atoms with E-state index in [0.29, 0.717) is 12.5 Å². The SMILES string of the molecule is CC(C)c1ccc(CCCC(C)(C)NC(=O)O)c(OCc2ccccc2)c1. The zero-order valence-electron chi connectivity index (χ0n) is 16.8. The molecule has 4 heteroatoms. The fourth-order valence-electron chi connectivity index (χ4n) is 3.08. The largest absolute Gasteiger partial charge is 0.489 e. The molecule has 2 aromatic carbocycles. The molecule has 2 N–H and O–H groups in total. The van der Waals surface area contributed by atoms with E-state index in [2.05, 4.69) is 49.5 Å². The molecule has 27 heavy (non-hydrogen) atoms. The summed E-state index contributed by atoms with van der Waals surface area (Å²) in [6.45, 7) is 8.72. The monoisotopic (exact) mass is 369 g/mol. The van der Waals surface area contributed by atoms with Crippen molar-refractivity contribution in [1.82, 2.24) is 5.32 Å². The predicted molar refractivity (Wildman–Crippen MR) is 109 cm³/mol. The Morgan fingerprint density at radius 2 is 1.85 bits per heavy atom. The molecule has 4 nitrogen and oxygen atoms in total. The van der Waals surface area contributed by atoms with Crippen molar-refractivity contribution in [3.8, 4) is 5.75 Å². The maximum Gasteiger partial charge on any atom is 0.405 e. The first kappa shape index (κ1) is 20.8. The van der Waals surface area contributed by atoms with E-state index < -0.39 is 11.6 Å². The Morgan fingerprint density at radius 1 is 1.15 bits per heavy atom. The third-order valence-corrected chi connectivity index (χ3v) is 4.69. The zero-order chi connectivity index (χ0) is 19.9. The highest BCUT2D eigenvalue weighted by Crippen LogP contribution is 2.28. The summed E-state index contributed by atoms with van der Waals surface area (Å²) in [5, 5.41) is 11.5. The molecule has 0 bridgehead atoms. The van der Waals surface area contributed by atoms with Gasteiger partial charge in [0, 0.05) is 5.54 Å². The Morgan fingerprint density at radius 3 is 2.48 bits per heavy atom. The van der Waals surface area contributed by atoms with Gasteiger partial charge in [0.1, 0.15) is 12.4 Å². The van der Waals surface area contributed by atoms with Gasteiger partial charge in [-0.3, -0.25) is 0 Å². The average Bonchev–Trinajstić information content (AvgIpc) is 2.60. The summed E-state index contributed by atoms with van der Waals surface area (Å²) in [4.78, 5) is 10.9. The van der Waals surface area contributed by atoms with E-state index in [0.717, 1.165) is 30.6 Å². The average molecular weight is 370 g/mol. The highest BCUT2D eigenvalue weighted by atomic mass is 16.5. The Bertz CT molecular complexity index is 739. The van der Waals surface area contributed by atoms with Crippen molar-refractivity contribution in [3.05, 3.63) is 65.2 Å². The zero-order valence-corrected chi connectivity index (χ0v) is 16.8. The van der Waals surface area contributed by atoms with Crippen LogP contribution in [-0.2, 0) is 13.0 Å². The molecule has 0 aliphatic carbocycles. The molecule has 0 saturated carbocycles.